The molecule has 1 heteroatoms. The minimum atomic E-state index is 0.437. The zero-order valence-corrected chi connectivity index (χ0v) is 9.88. The first-order valence-corrected chi connectivity index (χ1v) is 5.95. The minimum Gasteiger partial charge on any atom is -0.508 e. The summed E-state index contributed by atoms with van der Waals surface area (Å²) in [6, 6.07) is 3.90. The second-order valence-electron chi connectivity index (χ2n) is 5.06. The lowest BCUT2D eigenvalue weighted by atomic mass is 9.78. The van der Waals surface area contributed by atoms with Crippen LogP contribution in [0.2, 0.25) is 0 Å². The molecule has 0 saturated heterocycles. The van der Waals surface area contributed by atoms with Crippen LogP contribution in [0.25, 0.3) is 0 Å². The lowest BCUT2D eigenvalue weighted by Crippen LogP contribution is -2.11. The molecule has 2 rings (SSSR count). The first-order chi connectivity index (χ1) is 7.09. The molecule has 0 radical (unpaired) electrons. The van der Waals surface area contributed by atoms with E-state index in [1.165, 1.54) is 29.5 Å². The van der Waals surface area contributed by atoms with Crippen LogP contribution in [0.1, 0.15) is 62.1 Å². The minimum absolute atomic E-state index is 0.437. The average molecular weight is 204 g/mol. The van der Waals surface area contributed by atoms with Crippen molar-refractivity contribution in [3.8, 4) is 5.75 Å². The Morgan fingerprint density at radius 1 is 1.33 bits per heavy atom. The average Bonchev–Trinajstić information content (AvgIpc) is 2.16. The maximum Gasteiger partial charge on any atom is 0.116 e. The summed E-state index contributed by atoms with van der Waals surface area (Å²) in [6.07, 6.45) is 3.68. The van der Waals surface area contributed by atoms with Crippen LogP contribution in [-0.4, -0.2) is 5.11 Å². The number of rotatable bonds is 1. The summed E-state index contributed by atoms with van der Waals surface area (Å²) in [5.41, 5.74) is 4.23. The van der Waals surface area contributed by atoms with Crippen LogP contribution >= 0.6 is 0 Å². The van der Waals surface area contributed by atoms with Crippen molar-refractivity contribution in [2.75, 3.05) is 0 Å². The van der Waals surface area contributed by atoms with E-state index in [0.29, 0.717) is 17.6 Å². The molecular formula is C14H20O. The maximum absolute atomic E-state index is 9.70. The van der Waals surface area contributed by atoms with Gasteiger partial charge in [-0.2, -0.15) is 0 Å². The number of aromatic hydroxyl groups is 1. The number of phenolic OH excluding ortho intramolecular Hbond substituents is 1. The summed E-state index contributed by atoms with van der Waals surface area (Å²) in [5.74, 6) is 1.60. The summed E-state index contributed by atoms with van der Waals surface area (Å²) in [7, 11) is 0. The van der Waals surface area contributed by atoms with E-state index in [4.69, 9.17) is 0 Å². The molecule has 1 aromatic rings. The number of phenols is 1. The predicted molar refractivity (Wildman–Crippen MR) is 63.5 cm³/mol. The number of aryl methyl sites for hydroxylation is 1. The topological polar surface area (TPSA) is 20.2 Å². The number of hydrogen-bond donors (Lipinski definition) is 1. The van der Waals surface area contributed by atoms with Crippen LogP contribution in [-0.2, 0) is 6.42 Å². The fourth-order valence-electron chi connectivity index (χ4n) is 2.75. The van der Waals surface area contributed by atoms with Crippen LogP contribution in [0.5, 0.6) is 5.75 Å². The predicted octanol–water partition coefficient (Wildman–Crippen LogP) is 3.96. The van der Waals surface area contributed by atoms with Gasteiger partial charge >= 0.3 is 0 Å². The van der Waals surface area contributed by atoms with Gasteiger partial charge in [-0.3, -0.25) is 0 Å². The fraction of sp³-hybridized carbons (Fsp3) is 0.571. The Labute approximate surface area is 92.1 Å². The molecule has 0 aromatic heterocycles. The zero-order valence-electron chi connectivity index (χ0n) is 9.88. The fourth-order valence-corrected chi connectivity index (χ4v) is 2.75. The Balaban J connectivity index is 2.58. The Bertz CT molecular complexity index is 366. The maximum atomic E-state index is 9.70. The van der Waals surface area contributed by atoms with Gasteiger partial charge in [0.15, 0.2) is 0 Å². The summed E-state index contributed by atoms with van der Waals surface area (Å²) < 4.78 is 0. The molecule has 0 fully saturated rings. The van der Waals surface area contributed by atoms with Gasteiger partial charge < -0.3 is 5.11 Å². The SMILES string of the molecule is CC(C)c1cc(O)cc2c1C(C)CCC2. The van der Waals surface area contributed by atoms with E-state index in [-0.39, 0.29) is 0 Å². The smallest absolute Gasteiger partial charge is 0.116 e. The molecule has 15 heavy (non-hydrogen) atoms. The van der Waals surface area contributed by atoms with Crippen molar-refractivity contribution in [2.24, 2.45) is 0 Å². The Kier molecular flexibility index (Phi) is 2.72. The first kappa shape index (κ1) is 10.5. The molecular weight excluding hydrogens is 184 g/mol. The molecule has 0 heterocycles. The van der Waals surface area contributed by atoms with Crippen LogP contribution < -0.4 is 0 Å². The van der Waals surface area contributed by atoms with Crippen molar-refractivity contribution in [1.82, 2.24) is 0 Å². The second-order valence-corrected chi connectivity index (χ2v) is 5.06. The monoisotopic (exact) mass is 204 g/mol. The molecule has 0 saturated carbocycles. The molecule has 1 aliphatic rings. The van der Waals surface area contributed by atoms with Gasteiger partial charge in [0.05, 0.1) is 0 Å². The molecule has 1 unspecified atom stereocenters. The highest BCUT2D eigenvalue weighted by Crippen LogP contribution is 2.38. The highest BCUT2D eigenvalue weighted by atomic mass is 16.3. The number of benzene rings is 1. The Morgan fingerprint density at radius 3 is 2.73 bits per heavy atom. The highest BCUT2D eigenvalue weighted by molar-refractivity contribution is 5.46. The normalized spacial score (nSPS) is 20.4. The number of fused-ring (bicyclic) bond motifs is 1. The van der Waals surface area contributed by atoms with Gasteiger partial charge in [0.2, 0.25) is 0 Å². The van der Waals surface area contributed by atoms with Gasteiger partial charge in [-0.1, -0.05) is 20.8 Å². The van der Waals surface area contributed by atoms with E-state index >= 15 is 0 Å². The van der Waals surface area contributed by atoms with E-state index in [9.17, 15) is 5.11 Å². The van der Waals surface area contributed by atoms with Crippen molar-refractivity contribution >= 4 is 0 Å². The van der Waals surface area contributed by atoms with E-state index in [1.54, 1.807) is 0 Å². The van der Waals surface area contributed by atoms with Gasteiger partial charge in [0, 0.05) is 0 Å². The molecule has 0 bridgehead atoms. The Hall–Kier alpha value is -0.980. The van der Waals surface area contributed by atoms with Crippen LogP contribution in [0.15, 0.2) is 12.1 Å². The lowest BCUT2D eigenvalue weighted by Gasteiger charge is -2.27. The first-order valence-electron chi connectivity index (χ1n) is 5.95. The van der Waals surface area contributed by atoms with Gasteiger partial charge in [-0.25, -0.2) is 0 Å². The van der Waals surface area contributed by atoms with E-state index < -0.39 is 0 Å². The lowest BCUT2D eigenvalue weighted by molar-refractivity contribution is 0.469. The standard InChI is InChI=1S/C14H20O/c1-9(2)13-8-12(15)7-11-6-4-5-10(3)14(11)13/h7-10,15H,4-6H2,1-3H3. The third-order valence-electron chi connectivity index (χ3n) is 3.48. The highest BCUT2D eigenvalue weighted by Gasteiger charge is 2.21. The van der Waals surface area contributed by atoms with Gasteiger partial charge in [0.25, 0.3) is 0 Å². The van der Waals surface area contributed by atoms with Crippen molar-refractivity contribution in [2.45, 2.75) is 51.9 Å². The van der Waals surface area contributed by atoms with Crippen molar-refractivity contribution < 1.29 is 5.11 Å². The molecule has 1 nitrogen and oxygen atoms in total. The van der Waals surface area contributed by atoms with Crippen LogP contribution in [0.3, 0.4) is 0 Å². The second kappa shape index (κ2) is 3.88. The van der Waals surface area contributed by atoms with Crippen LogP contribution in [0, 0.1) is 0 Å². The molecule has 82 valence electrons. The van der Waals surface area contributed by atoms with E-state index in [2.05, 4.69) is 20.8 Å². The van der Waals surface area contributed by atoms with E-state index in [0.717, 1.165) is 6.42 Å². The van der Waals surface area contributed by atoms with Gasteiger partial charge in [-0.15, -0.1) is 0 Å². The Morgan fingerprint density at radius 2 is 2.07 bits per heavy atom. The number of hydrogen-bond acceptors (Lipinski definition) is 1. The summed E-state index contributed by atoms with van der Waals surface area (Å²) in [5, 5.41) is 9.70. The summed E-state index contributed by atoms with van der Waals surface area (Å²) in [4.78, 5) is 0. The summed E-state index contributed by atoms with van der Waals surface area (Å²) in [6.45, 7) is 6.72. The molecule has 0 spiro atoms. The molecule has 0 amide bonds. The molecule has 1 atom stereocenters. The molecule has 1 aliphatic carbocycles. The van der Waals surface area contributed by atoms with Crippen molar-refractivity contribution in [3.05, 3.63) is 28.8 Å². The van der Waals surface area contributed by atoms with Crippen molar-refractivity contribution in [3.63, 3.8) is 0 Å². The molecule has 0 aliphatic heterocycles. The quantitative estimate of drug-likeness (QED) is 0.734. The summed E-state index contributed by atoms with van der Waals surface area (Å²) >= 11 is 0. The van der Waals surface area contributed by atoms with Crippen LogP contribution in [0.4, 0.5) is 0 Å². The molecule has 1 N–H and O–H groups in total. The van der Waals surface area contributed by atoms with Crippen molar-refractivity contribution in [1.29, 1.82) is 0 Å². The van der Waals surface area contributed by atoms with Gasteiger partial charge in [0.1, 0.15) is 5.75 Å². The molecule has 1 aromatic carbocycles. The van der Waals surface area contributed by atoms with Gasteiger partial charge in [-0.05, 0) is 59.9 Å². The largest absolute Gasteiger partial charge is 0.508 e. The van der Waals surface area contributed by atoms with E-state index in [1.807, 2.05) is 12.1 Å². The third-order valence-corrected chi connectivity index (χ3v) is 3.48. The third kappa shape index (κ3) is 1.88. The zero-order chi connectivity index (χ0) is 11.0.